The first-order valence-corrected chi connectivity index (χ1v) is 6.99. The molecule has 0 radical (unpaired) electrons. The first kappa shape index (κ1) is 13.8. The predicted molar refractivity (Wildman–Crippen MR) is 72.2 cm³/mol. The first-order valence-electron chi connectivity index (χ1n) is 6.00. The Morgan fingerprint density at radius 3 is 2.56 bits per heavy atom. The number of ether oxygens (including phenoxy) is 1. The van der Waals surface area contributed by atoms with Gasteiger partial charge in [-0.1, -0.05) is 39.5 Å². The van der Waals surface area contributed by atoms with Gasteiger partial charge in [0.05, 0.1) is 18.7 Å². The van der Waals surface area contributed by atoms with Crippen molar-refractivity contribution in [2.24, 2.45) is 16.8 Å². The molecule has 16 heavy (non-hydrogen) atoms. The van der Waals surface area contributed by atoms with Crippen molar-refractivity contribution in [2.45, 2.75) is 39.8 Å². The van der Waals surface area contributed by atoms with Gasteiger partial charge in [-0.3, -0.25) is 4.99 Å². The molecule has 1 heterocycles. The van der Waals surface area contributed by atoms with E-state index in [1.54, 1.807) is 7.11 Å². The van der Waals surface area contributed by atoms with Gasteiger partial charge in [0.15, 0.2) is 5.17 Å². The molecule has 2 atom stereocenters. The van der Waals surface area contributed by atoms with Crippen LogP contribution < -0.4 is 5.32 Å². The number of aliphatic imine (C=N–C) groups is 1. The van der Waals surface area contributed by atoms with Crippen LogP contribution >= 0.6 is 11.8 Å². The first-order chi connectivity index (χ1) is 7.54. The summed E-state index contributed by atoms with van der Waals surface area (Å²) in [4.78, 5) is 4.70. The second-order valence-electron chi connectivity index (χ2n) is 5.01. The monoisotopic (exact) mass is 244 g/mol. The third-order valence-electron chi connectivity index (χ3n) is 2.90. The predicted octanol–water partition coefficient (Wildman–Crippen LogP) is 2.37. The van der Waals surface area contributed by atoms with Crippen molar-refractivity contribution in [1.29, 1.82) is 0 Å². The van der Waals surface area contributed by atoms with E-state index < -0.39 is 0 Å². The van der Waals surface area contributed by atoms with Crippen molar-refractivity contribution in [3.63, 3.8) is 0 Å². The summed E-state index contributed by atoms with van der Waals surface area (Å²) in [7, 11) is 1.75. The number of amidine groups is 1. The van der Waals surface area contributed by atoms with Crippen LogP contribution in [0.2, 0.25) is 0 Å². The van der Waals surface area contributed by atoms with Gasteiger partial charge in [-0.05, 0) is 11.8 Å². The summed E-state index contributed by atoms with van der Waals surface area (Å²) in [6.45, 7) is 9.61. The van der Waals surface area contributed by atoms with Crippen LogP contribution in [0.15, 0.2) is 4.99 Å². The van der Waals surface area contributed by atoms with Crippen LogP contribution in [0.4, 0.5) is 0 Å². The fraction of sp³-hybridized carbons (Fsp3) is 0.917. The lowest BCUT2D eigenvalue weighted by Gasteiger charge is -2.22. The minimum atomic E-state index is 0.363. The number of rotatable bonds is 5. The summed E-state index contributed by atoms with van der Waals surface area (Å²) in [5, 5.41) is 4.58. The Balaban J connectivity index is 2.49. The van der Waals surface area contributed by atoms with E-state index in [0.717, 1.165) is 17.5 Å². The SMILES string of the molecule is COCC(NC1=NC(C(C)C)CS1)C(C)C. The number of thioether (sulfide) groups is 1. The number of nitrogens with zero attached hydrogens (tertiary/aromatic N) is 1. The lowest BCUT2D eigenvalue weighted by Crippen LogP contribution is -2.40. The molecule has 0 spiro atoms. The molecule has 0 aliphatic carbocycles. The van der Waals surface area contributed by atoms with Crippen LogP contribution in [0.25, 0.3) is 0 Å². The topological polar surface area (TPSA) is 33.6 Å². The van der Waals surface area contributed by atoms with Gasteiger partial charge in [-0.15, -0.1) is 0 Å². The average Bonchev–Trinajstić information content (AvgIpc) is 2.65. The van der Waals surface area contributed by atoms with Crippen molar-refractivity contribution in [1.82, 2.24) is 5.32 Å². The molecule has 1 aliphatic heterocycles. The molecule has 0 fully saturated rings. The molecule has 0 amide bonds. The highest BCUT2D eigenvalue weighted by Crippen LogP contribution is 2.22. The maximum atomic E-state index is 5.22. The van der Waals surface area contributed by atoms with Gasteiger partial charge >= 0.3 is 0 Å². The highest BCUT2D eigenvalue weighted by molar-refractivity contribution is 8.14. The van der Waals surface area contributed by atoms with Crippen LogP contribution in [0.5, 0.6) is 0 Å². The summed E-state index contributed by atoms with van der Waals surface area (Å²) in [5.74, 6) is 2.30. The molecular formula is C12H24N2OS. The minimum Gasteiger partial charge on any atom is -0.383 e. The van der Waals surface area contributed by atoms with Crippen LogP contribution in [0, 0.1) is 11.8 Å². The van der Waals surface area contributed by atoms with Crippen molar-refractivity contribution >= 4 is 16.9 Å². The molecule has 4 heteroatoms. The third-order valence-corrected chi connectivity index (χ3v) is 3.91. The highest BCUT2D eigenvalue weighted by atomic mass is 32.2. The van der Waals surface area contributed by atoms with Gasteiger partial charge < -0.3 is 10.1 Å². The normalized spacial score (nSPS) is 22.7. The number of methoxy groups -OCH3 is 1. The number of hydrogen-bond acceptors (Lipinski definition) is 4. The average molecular weight is 244 g/mol. The van der Waals surface area contributed by atoms with Crippen LogP contribution in [-0.2, 0) is 4.74 Å². The molecule has 3 nitrogen and oxygen atoms in total. The quantitative estimate of drug-likeness (QED) is 0.806. The Morgan fingerprint density at radius 2 is 2.12 bits per heavy atom. The van der Waals surface area contributed by atoms with E-state index >= 15 is 0 Å². The molecule has 0 saturated carbocycles. The molecule has 0 aromatic heterocycles. The fourth-order valence-electron chi connectivity index (χ4n) is 1.55. The summed E-state index contributed by atoms with van der Waals surface area (Å²) < 4.78 is 5.22. The third kappa shape index (κ3) is 3.98. The lowest BCUT2D eigenvalue weighted by atomic mass is 10.1. The fourth-order valence-corrected chi connectivity index (χ4v) is 2.78. The highest BCUT2D eigenvalue weighted by Gasteiger charge is 2.23. The van der Waals surface area contributed by atoms with Crippen LogP contribution in [0.1, 0.15) is 27.7 Å². The molecule has 1 rings (SSSR count). The Kier molecular flexibility index (Phi) is 5.62. The van der Waals surface area contributed by atoms with Crippen LogP contribution in [-0.4, -0.2) is 36.7 Å². The Morgan fingerprint density at radius 1 is 1.44 bits per heavy atom. The van der Waals surface area contributed by atoms with Crippen molar-refractivity contribution in [2.75, 3.05) is 19.5 Å². The summed E-state index contributed by atoms with van der Waals surface area (Å²) in [6, 6.07) is 0.838. The molecule has 0 aromatic rings. The lowest BCUT2D eigenvalue weighted by molar-refractivity contribution is 0.156. The smallest absolute Gasteiger partial charge is 0.157 e. The van der Waals surface area contributed by atoms with E-state index in [4.69, 9.17) is 9.73 Å². The maximum Gasteiger partial charge on any atom is 0.157 e. The molecule has 2 unspecified atom stereocenters. The van der Waals surface area contributed by atoms with Crippen molar-refractivity contribution < 1.29 is 4.74 Å². The van der Waals surface area contributed by atoms with E-state index in [1.165, 1.54) is 0 Å². The van der Waals surface area contributed by atoms with Crippen molar-refractivity contribution in [3.05, 3.63) is 0 Å². The zero-order valence-corrected chi connectivity index (χ0v) is 11.8. The summed E-state index contributed by atoms with van der Waals surface area (Å²) in [6.07, 6.45) is 0. The van der Waals surface area contributed by atoms with Gasteiger partial charge in [-0.25, -0.2) is 0 Å². The van der Waals surface area contributed by atoms with E-state index in [1.807, 2.05) is 11.8 Å². The van der Waals surface area contributed by atoms with Gasteiger partial charge in [0.25, 0.3) is 0 Å². The molecular weight excluding hydrogens is 220 g/mol. The van der Waals surface area contributed by atoms with Gasteiger partial charge in [0.2, 0.25) is 0 Å². The van der Waals surface area contributed by atoms with Gasteiger partial charge in [0, 0.05) is 12.9 Å². The van der Waals surface area contributed by atoms with Gasteiger partial charge in [-0.2, -0.15) is 0 Å². The second kappa shape index (κ2) is 6.50. The number of hydrogen-bond donors (Lipinski definition) is 1. The van der Waals surface area contributed by atoms with E-state index in [0.29, 0.717) is 23.9 Å². The second-order valence-corrected chi connectivity index (χ2v) is 6.02. The van der Waals surface area contributed by atoms with E-state index in [2.05, 4.69) is 33.0 Å². The Labute approximate surface area is 103 Å². The van der Waals surface area contributed by atoms with Gasteiger partial charge in [0.1, 0.15) is 0 Å². The summed E-state index contributed by atoms with van der Waals surface area (Å²) >= 11 is 1.83. The van der Waals surface area contributed by atoms with E-state index in [9.17, 15) is 0 Å². The molecule has 1 N–H and O–H groups in total. The summed E-state index contributed by atoms with van der Waals surface area (Å²) in [5.41, 5.74) is 0. The molecule has 0 aromatic carbocycles. The van der Waals surface area contributed by atoms with Crippen molar-refractivity contribution in [3.8, 4) is 0 Å². The Bertz CT molecular complexity index is 241. The Hall–Kier alpha value is -0.220. The van der Waals surface area contributed by atoms with Crippen LogP contribution in [0.3, 0.4) is 0 Å². The zero-order valence-electron chi connectivity index (χ0n) is 11.0. The molecule has 0 bridgehead atoms. The standard InChI is InChI=1S/C12H24N2OS/c1-8(2)10(6-15-5)13-12-14-11(7-16-12)9(3)4/h8-11H,6-7H2,1-5H3,(H,13,14). The maximum absolute atomic E-state index is 5.22. The largest absolute Gasteiger partial charge is 0.383 e. The molecule has 94 valence electrons. The minimum absolute atomic E-state index is 0.363. The number of nitrogens with one attached hydrogen (secondary N) is 1. The zero-order chi connectivity index (χ0) is 12.1. The molecule has 0 saturated heterocycles. The molecule has 1 aliphatic rings. The van der Waals surface area contributed by atoms with E-state index in [-0.39, 0.29) is 0 Å².